The second-order valence-electron chi connectivity index (χ2n) is 5.57. The highest BCUT2D eigenvalue weighted by molar-refractivity contribution is 7.91. The van der Waals surface area contributed by atoms with E-state index in [0.717, 1.165) is 13.1 Å². The van der Waals surface area contributed by atoms with E-state index in [0.29, 0.717) is 25.8 Å². The van der Waals surface area contributed by atoms with Crippen LogP contribution >= 0.6 is 0 Å². The van der Waals surface area contributed by atoms with Crippen molar-refractivity contribution in [2.24, 2.45) is 0 Å². The average Bonchev–Trinajstić information content (AvgIpc) is 2.71. The van der Waals surface area contributed by atoms with E-state index >= 15 is 0 Å². The highest BCUT2D eigenvalue weighted by Crippen LogP contribution is 2.17. The zero-order valence-electron chi connectivity index (χ0n) is 11.3. The lowest BCUT2D eigenvalue weighted by Gasteiger charge is -2.31. The molecular formula is C12H22N2O4S. The van der Waals surface area contributed by atoms with Crippen LogP contribution in [0, 0.1) is 0 Å². The Morgan fingerprint density at radius 1 is 1.32 bits per heavy atom. The topological polar surface area (TPSA) is 77.9 Å². The lowest BCUT2D eigenvalue weighted by atomic mass is 10.1. The van der Waals surface area contributed by atoms with Crippen molar-refractivity contribution in [2.45, 2.75) is 31.4 Å². The minimum Gasteiger partial charge on any atom is -0.393 e. The van der Waals surface area contributed by atoms with Crippen LogP contribution in [0.25, 0.3) is 0 Å². The van der Waals surface area contributed by atoms with Gasteiger partial charge in [0.05, 0.1) is 24.2 Å². The van der Waals surface area contributed by atoms with Gasteiger partial charge in [0, 0.05) is 26.2 Å². The number of carbonyl (C=O) groups excluding carboxylic acids is 1. The molecule has 0 aromatic carbocycles. The number of piperidine rings is 1. The van der Waals surface area contributed by atoms with Crippen LogP contribution in [-0.4, -0.2) is 79.6 Å². The van der Waals surface area contributed by atoms with Crippen LogP contribution in [0.2, 0.25) is 0 Å². The van der Waals surface area contributed by atoms with Crippen LogP contribution < -0.4 is 0 Å². The number of likely N-dealkylation sites (N-methyl/N-ethyl adjacent to an activating group) is 1. The van der Waals surface area contributed by atoms with Gasteiger partial charge >= 0.3 is 0 Å². The molecule has 110 valence electrons. The van der Waals surface area contributed by atoms with Crippen molar-refractivity contribution in [3.8, 4) is 0 Å². The number of aliphatic hydroxyl groups is 1. The summed E-state index contributed by atoms with van der Waals surface area (Å²) in [5.41, 5.74) is 0. The summed E-state index contributed by atoms with van der Waals surface area (Å²) in [5.74, 6) is 0.248. The Labute approximate surface area is 114 Å². The maximum Gasteiger partial charge on any atom is 0.236 e. The Morgan fingerprint density at radius 3 is 2.47 bits per heavy atom. The van der Waals surface area contributed by atoms with Crippen molar-refractivity contribution in [2.75, 3.05) is 38.2 Å². The molecule has 2 heterocycles. The molecule has 0 aromatic heterocycles. The van der Waals surface area contributed by atoms with E-state index in [2.05, 4.69) is 0 Å². The first-order valence-electron chi connectivity index (χ1n) is 6.74. The van der Waals surface area contributed by atoms with Crippen LogP contribution in [0.4, 0.5) is 0 Å². The van der Waals surface area contributed by atoms with E-state index in [-0.39, 0.29) is 29.6 Å². The average molecular weight is 290 g/mol. The fraction of sp³-hybridized carbons (Fsp3) is 0.917. The van der Waals surface area contributed by atoms with Gasteiger partial charge in [-0.2, -0.15) is 0 Å². The molecule has 0 saturated carbocycles. The maximum atomic E-state index is 12.1. The quantitative estimate of drug-likeness (QED) is 0.728. The number of hydrogen-bond donors (Lipinski definition) is 1. The van der Waals surface area contributed by atoms with Crippen molar-refractivity contribution in [1.29, 1.82) is 0 Å². The summed E-state index contributed by atoms with van der Waals surface area (Å²) in [6.07, 6.45) is 1.71. The van der Waals surface area contributed by atoms with E-state index in [9.17, 15) is 18.3 Å². The lowest BCUT2D eigenvalue weighted by molar-refractivity contribution is -0.133. The number of carbonyl (C=O) groups is 1. The molecule has 1 N–H and O–H groups in total. The molecule has 2 rings (SSSR count). The summed E-state index contributed by atoms with van der Waals surface area (Å²) >= 11 is 0. The summed E-state index contributed by atoms with van der Waals surface area (Å²) in [6, 6.07) is -0.173. The minimum atomic E-state index is -2.95. The molecule has 0 aromatic rings. The fourth-order valence-electron chi connectivity index (χ4n) is 2.66. The van der Waals surface area contributed by atoms with Gasteiger partial charge in [-0.1, -0.05) is 0 Å². The SMILES string of the molecule is CN(C(=O)CN1CCC(O)CC1)C1CCS(=O)(=O)C1. The molecule has 6 nitrogen and oxygen atoms in total. The van der Waals surface area contributed by atoms with E-state index in [4.69, 9.17) is 0 Å². The number of hydrogen-bond acceptors (Lipinski definition) is 5. The molecule has 19 heavy (non-hydrogen) atoms. The van der Waals surface area contributed by atoms with Gasteiger partial charge < -0.3 is 10.0 Å². The molecule has 0 spiro atoms. The van der Waals surface area contributed by atoms with Gasteiger partial charge in [0.2, 0.25) is 5.91 Å². The molecular weight excluding hydrogens is 268 g/mol. The molecule has 0 radical (unpaired) electrons. The summed E-state index contributed by atoms with van der Waals surface area (Å²) in [4.78, 5) is 15.7. The zero-order valence-corrected chi connectivity index (χ0v) is 12.1. The number of sulfone groups is 1. The predicted octanol–water partition coefficient (Wildman–Crippen LogP) is -0.911. The van der Waals surface area contributed by atoms with Gasteiger partial charge in [-0.25, -0.2) is 8.42 Å². The van der Waals surface area contributed by atoms with Crippen LogP contribution in [0.1, 0.15) is 19.3 Å². The van der Waals surface area contributed by atoms with E-state index in [1.807, 2.05) is 4.90 Å². The molecule has 2 fully saturated rings. The molecule has 0 aliphatic carbocycles. The third kappa shape index (κ3) is 3.90. The summed E-state index contributed by atoms with van der Waals surface area (Å²) in [6.45, 7) is 1.77. The van der Waals surface area contributed by atoms with Crippen molar-refractivity contribution in [1.82, 2.24) is 9.80 Å². The number of nitrogens with zero attached hydrogens (tertiary/aromatic N) is 2. The number of rotatable bonds is 3. The Hall–Kier alpha value is -0.660. The van der Waals surface area contributed by atoms with Crippen molar-refractivity contribution >= 4 is 15.7 Å². The number of amides is 1. The molecule has 0 bridgehead atoms. The Morgan fingerprint density at radius 2 is 1.95 bits per heavy atom. The Kier molecular flexibility index (Phi) is 4.47. The van der Waals surface area contributed by atoms with Crippen molar-refractivity contribution in [3.05, 3.63) is 0 Å². The van der Waals surface area contributed by atoms with Crippen molar-refractivity contribution in [3.63, 3.8) is 0 Å². The van der Waals surface area contributed by atoms with Crippen molar-refractivity contribution < 1.29 is 18.3 Å². The monoisotopic (exact) mass is 290 g/mol. The maximum absolute atomic E-state index is 12.1. The molecule has 7 heteroatoms. The largest absolute Gasteiger partial charge is 0.393 e. The van der Waals surface area contributed by atoms with Gasteiger partial charge in [-0.15, -0.1) is 0 Å². The van der Waals surface area contributed by atoms with Gasteiger partial charge in [-0.3, -0.25) is 9.69 Å². The first-order valence-corrected chi connectivity index (χ1v) is 8.56. The summed E-state index contributed by atoms with van der Waals surface area (Å²) < 4.78 is 22.8. The van der Waals surface area contributed by atoms with E-state index in [1.54, 1.807) is 11.9 Å². The van der Waals surface area contributed by atoms with Crippen LogP contribution in [0.3, 0.4) is 0 Å². The highest BCUT2D eigenvalue weighted by Gasteiger charge is 2.33. The van der Waals surface area contributed by atoms with Crippen LogP contribution in [0.5, 0.6) is 0 Å². The molecule has 2 aliphatic heterocycles. The number of aliphatic hydroxyl groups excluding tert-OH is 1. The molecule has 2 saturated heterocycles. The smallest absolute Gasteiger partial charge is 0.236 e. The molecule has 1 atom stereocenters. The normalized spacial score (nSPS) is 28.4. The third-order valence-corrected chi connectivity index (χ3v) is 5.82. The van der Waals surface area contributed by atoms with Gasteiger partial charge in [0.25, 0.3) is 0 Å². The van der Waals surface area contributed by atoms with E-state index < -0.39 is 9.84 Å². The molecule has 1 unspecified atom stereocenters. The third-order valence-electron chi connectivity index (χ3n) is 4.07. The second kappa shape index (κ2) is 5.76. The summed E-state index contributed by atoms with van der Waals surface area (Å²) in [5, 5.41) is 9.41. The number of likely N-dealkylation sites (tertiary alicyclic amines) is 1. The fourth-order valence-corrected chi connectivity index (χ4v) is 4.44. The van der Waals surface area contributed by atoms with Gasteiger partial charge in [0.15, 0.2) is 9.84 Å². The first kappa shape index (κ1) is 14.7. The molecule has 1 amide bonds. The highest BCUT2D eigenvalue weighted by atomic mass is 32.2. The Balaban J connectivity index is 1.83. The standard InChI is InChI=1S/C12H22N2O4S/c1-13(10-4-7-19(17,18)9-10)12(16)8-14-5-2-11(15)3-6-14/h10-11,15H,2-9H2,1H3. The second-order valence-corrected chi connectivity index (χ2v) is 7.80. The predicted molar refractivity (Wildman–Crippen MR) is 71.5 cm³/mol. The van der Waals surface area contributed by atoms with Gasteiger partial charge in [0.1, 0.15) is 0 Å². The minimum absolute atomic E-state index is 0.0292. The first-order chi connectivity index (χ1) is 8.87. The van der Waals surface area contributed by atoms with Crippen LogP contribution in [-0.2, 0) is 14.6 Å². The van der Waals surface area contributed by atoms with Gasteiger partial charge in [-0.05, 0) is 19.3 Å². The Bertz CT molecular complexity index is 429. The van der Waals surface area contributed by atoms with Crippen LogP contribution in [0.15, 0.2) is 0 Å². The zero-order chi connectivity index (χ0) is 14.0. The lowest BCUT2D eigenvalue weighted by Crippen LogP contribution is -2.46. The summed E-state index contributed by atoms with van der Waals surface area (Å²) in [7, 11) is -1.27. The molecule has 2 aliphatic rings. The van der Waals surface area contributed by atoms with E-state index in [1.165, 1.54) is 0 Å².